The number of aromatic hydroxyl groups is 1. The number of hydrogen-bond donors (Lipinski definition) is 2. The van der Waals surface area contributed by atoms with Gasteiger partial charge >= 0.3 is 0 Å². The Bertz CT molecular complexity index is 359. The predicted octanol–water partition coefficient (Wildman–Crippen LogP) is 2.00. The Labute approximate surface area is 90.1 Å². The lowest BCUT2D eigenvalue weighted by Gasteiger charge is -2.16. The quantitative estimate of drug-likeness (QED) is 0.793. The van der Waals surface area contributed by atoms with E-state index in [0.29, 0.717) is 12.4 Å². The van der Waals surface area contributed by atoms with Crippen molar-refractivity contribution in [3.63, 3.8) is 0 Å². The summed E-state index contributed by atoms with van der Waals surface area (Å²) in [7, 11) is 1.97. The van der Waals surface area contributed by atoms with Crippen molar-refractivity contribution in [1.29, 1.82) is 0 Å². The number of nitrogens with one attached hydrogen (secondary N) is 1. The van der Waals surface area contributed by atoms with Crippen molar-refractivity contribution in [3.05, 3.63) is 23.8 Å². The van der Waals surface area contributed by atoms with Gasteiger partial charge in [0.25, 0.3) is 0 Å². The number of ether oxygens (including phenoxy) is 1. The molecule has 0 spiro atoms. The summed E-state index contributed by atoms with van der Waals surface area (Å²) in [4.78, 5) is 0. The summed E-state index contributed by atoms with van der Waals surface area (Å²) in [6.45, 7) is 2.49. The first kappa shape index (κ1) is 10.3. The molecule has 0 bridgehead atoms. The van der Waals surface area contributed by atoms with E-state index in [-0.39, 0.29) is 11.3 Å². The van der Waals surface area contributed by atoms with Gasteiger partial charge in [-0.05, 0) is 44.5 Å². The first-order valence-corrected chi connectivity index (χ1v) is 5.37. The molecule has 2 N–H and O–H groups in total. The average Bonchev–Trinajstić information content (AvgIpc) is 3.02. The van der Waals surface area contributed by atoms with E-state index in [2.05, 4.69) is 5.32 Å². The second-order valence-corrected chi connectivity index (χ2v) is 3.95. The molecule has 1 aliphatic rings. The molecule has 1 fully saturated rings. The lowest BCUT2D eigenvalue weighted by Crippen LogP contribution is -2.24. The monoisotopic (exact) mass is 207 g/mol. The average molecular weight is 207 g/mol. The highest BCUT2D eigenvalue weighted by atomic mass is 16.5. The van der Waals surface area contributed by atoms with Crippen LogP contribution in [-0.4, -0.2) is 18.8 Å². The molecule has 0 saturated heterocycles. The molecule has 0 amide bonds. The summed E-state index contributed by atoms with van der Waals surface area (Å²) >= 11 is 0. The van der Waals surface area contributed by atoms with Crippen LogP contribution >= 0.6 is 0 Å². The summed E-state index contributed by atoms with van der Waals surface area (Å²) in [5, 5.41) is 12.9. The first-order valence-electron chi connectivity index (χ1n) is 5.37. The third-order valence-corrected chi connectivity index (χ3v) is 3.04. The van der Waals surface area contributed by atoms with E-state index in [4.69, 9.17) is 4.74 Å². The van der Waals surface area contributed by atoms with E-state index in [1.165, 1.54) is 5.56 Å². The Hall–Kier alpha value is -1.22. The zero-order chi connectivity index (χ0) is 10.9. The summed E-state index contributed by atoms with van der Waals surface area (Å²) in [5.41, 5.74) is 1.32. The van der Waals surface area contributed by atoms with Gasteiger partial charge in [0.2, 0.25) is 0 Å². The highest BCUT2D eigenvalue weighted by Crippen LogP contribution is 2.46. The summed E-state index contributed by atoms with van der Waals surface area (Å²) in [5.74, 6) is 0.795. The molecule has 0 atom stereocenters. The zero-order valence-corrected chi connectivity index (χ0v) is 9.21. The maximum atomic E-state index is 9.58. The second-order valence-electron chi connectivity index (χ2n) is 3.95. The van der Waals surface area contributed by atoms with Crippen molar-refractivity contribution < 1.29 is 9.84 Å². The highest BCUT2D eigenvalue weighted by molar-refractivity contribution is 5.45. The molecular weight excluding hydrogens is 190 g/mol. The minimum absolute atomic E-state index is 0.125. The highest BCUT2D eigenvalue weighted by Gasteiger charge is 2.42. The predicted molar refractivity (Wildman–Crippen MR) is 59.2 cm³/mol. The molecule has 82 valence electrons. The van der Waals surface area contributed by atoms with Gasteiger partial charge in [-0.25, -0.2) is 0 Å². The third-order valence-electron chi connectivity index (χ3n) is 3.04. The number of benzene rings is 1. The SMILES string of the molecule is CCOc1cc(C2(NC)CC2)ccc1O. The standard InChI is InChI=1S/C12H17NO2/c1-3-15-11-8-9(4-5-10(11)14)12(13-2)6-7-12/h4-5,8,13-14H,3,6-7H2,1-2H3. The van der Waals surface area contributed by atoms with Crippen LogP contribution in [0.15, 0.2) is 18.2 Å². The molecule has 0 aromatic heterocycles. The van der Waals surface area contributed by atoms with E-state index >= 15 is 0 Å². The number of phenolic OH excluding ortho intramolecular Hbond substituents is 1. The van der Waals surface area contributed by atoms with Crippen LogP contribution < -0.4 is 10.1 Å². The van der Waals surface area contributed by atoms with E-state index in [0.717, 1.165) is 12.8 Å². The van der Waals surface area contributed by atoms with Crippen molar-refractivity contribution in [1.82, 2.24) is 5.32 Å². The Morgan fingerprint density at radius 1 is 1.47 bits per heavy atom. The molecule has 0 aliphatic heterocycles. The van der Waals surface area contributed by atoms with Crippen LogP contribution in [0.2, 0.25) is 0 Å². The van der Waals surface area contributed by atoms with E-state index < -0.39 is 0 Å². The molecule has 2 rings (SSSR count). The van der Waals surface area contributed by atoms with Gasteiger partial charge in [-0.1, -0.05) is 6.07 Å². The van der Waals surface area contributed by atoms with Crippen molar-refractivity contribution in [2.75, 3.05) is 13.7 Å². The van der Waals surface area contributed by atoms with E-state index in [9.17, 15) is 5.11 Å². The minimum atomic E-state index is 0.125. The fourth-order valence-electron chi connectivity index (χ4n) is 1.89. The van der Waals surface area contributed by atoms with Gasteiger partial charge in [-0.15, -0.1) is 0 Å². The normalized spacial score (nSPS) is 17.5. The lowest BCUT2D eigenvalue weighted by molar-refractivity contribution is 0.317. The number of phenols is 1. The van der Waals surface area contributed by atoms with Crippen LogP contribution in [0.3, 0.4) is 0 Å². The van der Waals surface area contributed by atoms with Gasteiger partial charge < -0.3 is 15.2 Å². The van der Waals surface area contributed by atoms with Gasteiger partial charge in [0.05, 0.1) is 6.61 Å². The Morgan fingerprint density at radius 3 is 2.73 bits per heavy atom. The Balaban J connectivity index is 2.30. The largest absolute Gasteiger partial charge is 0.504 e. The summed E-state index contributed by atoms with van der Waals surface area (Å²) < 4.78 is 5.37. The van der Waals surface area contributed by atoms with Crippen molar-refractivity contribution in [2.24, 2.45) is 0 Å². The number of rotatable bonds is 4. The maximum Gasteiger partial charge on any atom is 0.161 e. The molecular formula is C12H17NO2. The van der Waals surface area contributed by atoms with Gasteiger partial charge in [-0.2, -0.15) is 0 Å². The first-order chi connectivity index (χ1) is 7.22. The molecule has 3 heteroatoms. The molecule has 0 radical (unpaired) electrons. The number of hydrogen-bond acceptors (Lipinski definition) is 3. The Morgan fingerprint density at radius 2 is 2.20 bits per heavy atom. The van der Waals surface area contributed by atoms with Gasteiger partial charge in [-0.3, -0.25) is 0 Å². The molecule has 1 aromatic rings. The fourth-order valence-corrected chi connectivity index (χ4v) is 1.89. The van der Waals surface area contributed by atoms with Crippen LogP contribution in [0.25, 0.3) is 0 Å². The van der Waals surface area contributed by atoms with Crippen LogP contribution in [-0.2, 0) is 5.54 Å². The molecule has 1 aromatic carbocycles. The minimum Gasteiger partial charge on any atom is -0.504 e. The molecule has 1 saturated carbocycles. The molecule has 0 unspecified atom stereocenters. The van der Waals surface area contributed by atoms with Crippen LogP contribution in [0.4, 0.5) is 0 Å². The zero-order valence-electron chi connectivity index (χ0n) is 9.21. The molecule has 1 aliphatic carbocycles. The van der Waals surface area contributed by atoms with Crippen molar-refractivity contribution in [3.8, 4) is 11.5 Å². The summed E-state index contributed by atoms with van der Waals surface area (Å²) in [6.07, 6.45) is 2.31. The van der Waals surface area contributed by atoms with Gasteiger partial charge in [0.1, 0.15) is 0 Å². The second kappa shape index (κ2) is 3.74. The topological polar surface area (TPSA) is 41.5 Å². The van der Waals surface area contributed by atoms with Crippen molar-refractivity contribution >= 4 is 0 Å². The van der Waals surface area contributed by atoms with Crippen LogP contribution in [0.1, 0.15) is 25.3 Å². The molecule has 0 heterocycles. The Kier molecular flexibility index (Phi) is 2.57. The maximum absolute atomic E-state index is 9.58. The molecule has 15 heavy (non-hydrogen) atoms. The van der Waals surface area contributed by atoms with Crippen LogP contribution in [0, 0.1) is 0 Å². The summed E-state index contributed by atoms with van der Waals surface area (Å²) in [6, 6.07) is 5.60. The van der Waals surface area contributed by atoms with Gasteiger partial charge in [0.15, 0.2) is 11.5 Å². The smallest absolute Gasteiger partial charge is 0.161 e. The van der Waals surface area contributed by atoms with Crippen LogP contribution in [0.5, 0.6) is 11.5 Å². The third kappa shape index (κ3) is 1.79. The van der Waals surface area contributed by atoms with E-state index in [1.807, 2.05) is 26.1 Å². The van der Waals surface area contributed by atoms with E-state index in [1.54, 1.807) is 6.07 Å². The van der Waals surface area contributed by atoms with Crippen molar-refractivity contribution in [2.45, 2.75) is 25.3 Å². The lowest BCUT2D eigenvalue weighted by atomic mass is 10.0. The fraction of sp³-hybridized carbons (Fsp3) is 0.500. The molecule has 3 nitrogen and oxygen atoms in total. The van der Waals surface area contributed by atoms with Gasteiger partial charge in [0, 0.05) is 5.54 Å².